The van der Waals surface area contributed by atoms with Crippen molar-refractivity contribution in [1.29, 1.82) is 0 Å². The van der Waals surface area contributed by atoms with E-state index in [0.29, 0.717) is 18.0 Å². The van der Waals surface area contributed by atoms with Crippen molar-refractivity contribution in [3.63, 3.8) is 0 Å². The molecule has 0 saturated carbocycles. The number of Topliss-reactive ketones (excluding diaryl/α,β-unsaturated/α-hetero) is 1. The second kappa shape index (κ2) is 7.84. The van der Waals surface area contributed by atoms with Gasteiger partial charge in [-0.05, 0) is 69.2 Å². The number of H-pyrrole nitrogens is 1. The minimum absolute atomic E-state index is 0.221. The summed E-state index contributed by atoms with van der Waals surface area (Å²) in [6, 6.07) is 15.6. The zero-order valence-corrected chi connectivity index (χ0v) is 17.0. The third-order valence-corrected chi connectivity index (χ3v) is 5.97. The second-order valence-electron chi connectivity index (χ2n) is 8.09. The number of aromatic nitrogens is 5. The van der Waals surface area contributed by atoms with Crippen LogP contribution in [0.4, 0.5) is 0 Å². The van der Waals surface area contributed by atoms with E-state index in [-0.39, 0.29) is 5.78 Å². The van der Waals surface area contributed by atoms with Crippen molar-refractivity contribution in [1.82, 2.24) is 30.1 Å². The number of carbonyl (C=O) groups excluding carboxylic acids is 1. The topological polar surface area (TPSA) is 79.7 Å². The van der Waals surface area contributed by atoms with E-state index in [1.807, 2.05) is 54.7 Å². The number of piperidine rings is 1. The van der Waals surface area contributed by atoms with Crippen LogP contribution in [0.25, 0.3) is 28.0 Å². The van der Waals surface area contributed by atoms with E-state index < -0.39 is 0 Å². The Kier molecular flexibility index (Phi) is 4.88. The van der Waals surface area contributed by atoms with Gasteiger partial charge in [0.2, 0.25) is 0 Å². The summed E-state index contributed by atoms with van der Waals surface area (Å²) >= 11 is 0. The van der Waals surface area contributed by atoms with Gasteiger partial charge in [0, 0.05) is 17.4 Å². The summed E-state index contributed by atoms with van der Waals surface area (Å²) < 4.78 is 1.71. The molecule has 2 aromatic heterocycles. The number of aromatic amines is 1. The van der Waals surface area contributed by atoms with Crippen molar-refractivity contribution in [3.8, 4) is 17.1 Å². The molecule has 0 spiro atoms. The zero-order valence-electron chi connectivity index (χ0n) is 17.0. The molecule has 5 rings (SSSR count). The van der Waals surface area contributed by atoms with Crippen LogP contribution >= 0.6 is 0 Å². The Bertz CT molecular complexity index is 1170. The highest BCUT2D eigenvalue weighted by atomic mass is 16.1. The fraction of sp³-hybridized carbons (Fsp3) is 0.304. The highest BCUT2D eigenvalue weighted by molar-refractivity contribution is 5.96. The molecule has 1 aliphatic heterocycles. The maximum Gasteiger partial charge on any atom is 0.163 e. The van der Waals surface area contributed by atoms with E-state index in [4.69, 9.17) is 0 Å². The summed E-state index contributed by atoms with van der Waals surface area (Å²) in [7, 11) is 2.14. The standard InChI is InChI=1S/C23H24N6O/c1-28-12-10-16(11-13-28)14-22(30)17-6-8-18(9-7-17)29-15-21(25-27-29)23-19-4-2-3-5-20(19)24-26-23/h2-9,15-16H,10-14H2,1H3,(H,24,26). The van der Waals surface area contributed by atoms with Crippen molar-refractivity contribution in [2.24, 2.45) is 5.92 Å². The molecular weight excluding hydrogens is 376 g/mol. The molecule has 2 aromatic carbocycles. The van der Waals surface area contributed by atoms with Crippen molar-refractivity contribution in [3.05, 3.63) is 60.3 Å². The maximum atomic E-state index is 12.7. The average molecular weight is 400 g/mol. The minimum Gasteiger partial charge on any atom is -0.306 e. The zero-order chi connectivity index (χ0) is 20.5. The number of nitrogens with zero attached hydrogens (tertiary/aromatic N) is 5. The predicted molar refractivity (Wildman–Crippen MR) is 116 cm³/mol. The van der Waals surface area contributed by atoms with E-state index in [0.717, 1.165) is 53.8 Å². The first kappa shape index (κ1) is 18.7. The lowest BCUT2D eigenvalue weighted by Crippen LogP contribution is -2.31. The number of hydrogen-bond donors (Lipinski definition) is 1. The molecule has 1 aliphatic rings. The fourth-order valence-corrected chi connectivity index (χ4v) is 4.10. The van der Waals surface area contributed by atoms with Crippen LogP contribution in [0.1, 0.15) is 29.6 Å². The summed E-state index contributed by atoms with van der Waals surface area (Å²) in [4.78, 5) is 15.0. The Hall–Kier alpha value is -3.32. The van der Waals surface area contributed by atoms with Gasteiger partial charge in [0.25, 0.3) is 0 Å². The molecule has 1 saturated heterocycles. The first-order chi connectivity index (χ1) is 14.7. The number of nitrogens with one attached hydrogen (secondary N) is 1. The molecule has 152 valence electrons. The normalized spacial score (nSPS) is 15.6. The number of likely N-dealkylation sites (tertiary alicyclic amines) is 1. The van der Waals surface area contributed by atoms with Crippen LogP contribution in [-0.2, 0) is 0 Å². The number of ketones is 1. The van der Waals surface area contributed by atoms with Crippen LogP contribution in [0, 0.1) is 5.92 Å². The van der Waals surface area contributed by atoms with Crippen LogP contribution < -0.4 is 0 Å². The van der Waals surface area contributed by atoms with Crippen molar-refractivity contribution >= 4 is 16.7 Å². The Morgan fingerprint density at radius 1 is 1.10 bits per heavy atom. The van der Waals surface area contributed by atoms with Gasteiger partial charge in [0.1, 0.15) is 11.4 Å². The fourth-order valence-electron chi connectivity index (χ4n) is 4.10. The predicted octanol–water partition coefficient (Wildman–Crippen LogP) is 3.73. The number of benzene rings is 2. The molecule has 7 heteroatoms. The highest BCUT2D eigenvalue weighted by Gasteiger charge is 2.20. The highest BCUT2D eigenvalue weighted by Crippen LogP contribution is 2.25. The molecule has 0 unspecified atom stereocenters. The monoisotopic (exact) mass is 400 g/mol. The van der Waals surface area contributed by atoms with Gasteiger partial charge in [0.05, 0.1) is 17.4 Å². The molecule has 0 radical (unpaired) electrons. The summed E-state index contributed by atoms with van der Waals surface area (Å²) in [6.45, 7) is 2.16. The summed E-state index contributed by atoms with van der Waals surface area (Å²) in [5.41, 5.74) is 4.08. The van der Waals surface area contributed by atoms with Crippen molar-refractivity contribution in [2.45, 2.75) is 19.3 Å². The third kappa shape index (κ3) is 3.64. The van der Waals surface area contributed by atoms with E-state index in [1.54, 1.807) is 4.68 Å². The first-order valence-corrected chi connectivity index (χ1v) is 10.4. The Labute approximate surface area is 174 Å². The maximum absolute atomic E-state index is 12.7. The van der Waals surface area contributed by atoms with Crippen LogP contribution in [0.15, 0.2) is 54.7 Å². The second-order valence-corrected chi connectivity index (χ2v) is 8.09. The summed E-state index contributed by atoms with van der Waals surface area (Å²) in [6.07, 6.45) is 4.69. The molecular formula is C23H24N6O. The van der Waals surface area contributed by atoms with Gasteiger partial charge >= 0.3 is 0 Å². The molecule has 0 aliphatic carbocycles. The van der Waals surface area contributed by atoms with Crippen molar-refractivity contribution < 1.29 is 4.79 Å². The molecule has 7 nitrogen and oxygen atoms in total. The lowest BCUT2D eigenvalue weighted by atomic mass is 9.90. The molecule has 1 N–H and O–H groups in total. The third-order valence-electron chi connectivity index (χ3n) is 5.97. The van der Waals surface area contributed by atoms with Gasteiger partial charge in [0.15, 0.2) is 5.78 Å². The largest absolute Gasteiger partial charge is 0.306 e. The van der Waals surface area contributed by atoms with Crippen LogP contribution in [-0.4, -0.2) is 56.0 Å². The number of hydrogen-bond acceptors (Lipinski definition) is 5. The number of fused-ring (bicyclic) bond motifs is 1. The molecule has 0 bridgehead atoms. The summed E-state index contributed by atoms with van der Waals surface area (Å²) in [5, 5.41) is 17.0. The van der Waals surface area contributed by atoms with Gasteiger partial charge in [-0.1, -0.05) is 23.4 Å². The number of rotatable bonds is 5. The Morgan fingerprint density at radius 2 is 1.87 bits per heavy atom. The number of carbonyl (C=O) groups is 1. The lowest BCUT2D eigenvalue weighted by Gasteiger charge is -2.28. The van der Waals surface area contributed by atoms with Crippen LogP contribution in [0.5, 0.6) is 0 Å². The Morgan fingerprint density at radius 3 is 2.67 bits per heavy atom. The first-order valence-electron chi connectivity index (χ1n) is 10.4. The van der Waals surface area contributed by atoms with Crippen LogP contribution in [0.2, 0.25) is 0 Å². The summed E-state index contributed by atoms with van der Waals surface area (Å²) in [5.74, 6) is 0.716. The van der Waals surface area contributed by atoms with Gasteiger partial charge in [-0.15, -0.1) is 5.10 Å². The molecule has 1 fully saturated rings. The van der Waals surface area contributed by atoms with Crippen molar-refractivity contribution in [2.75, 3.05) is 20.1 Å². The quantitative estimate of drug-likeness (QED) is 0.517. The van der Waals surface area contributed by atoms with Gasteiger partial charge in [-0.2, -0.15) is 5.10 Å². The van der Waals surface area contributed by atoms with E-state index in [9.17, 15) is 4.79 Å². The molecule has 0 atom stereocenters. The SMILES string of the molecule is CN1CCC(CC(=O)c2ccc(-n3cc(-c4n[nH]c5ccccc45)nn3)cc2)CC1. The van der Waals surface area contributed by atoms with E-state index >= 15 is 0 Å². The van der Waals surface area contributed by atoms with Gasteiger partial charge in [-0.25, -0.2) is 4.68 Å². The molecule has 4 aromatic rings. The molecule has 30 heavy (non-hydrogen) atoms. The van der Waals surface area contributed by atoms with E-state index in [1.165, 1.54) is 0 Å². The van der Waals surface area contributed by atoms with Gasteiger partial charge in [-0.3, -0.25) is 9.89 Å². The number of para-hydroxylation sites is 1. The molecule has 0 amide bonds. The molecule has 3 heterocycles. The van der Waals surface area contributed by atoms with Gasteiger partial charge < -0.3 is 4.90 Å². The smallest absolute Gasteiger partial charge is 0.163 e. The van der Waals surface area contributed by atoms with Crippen LogP contribution in [0.3, 0.4) is 0 Å². The van der Waals surface area contributed by atoms with E-state index in [2.05, 4.69) is 32.5 Å². The average Bonchev–Trinajstić information content (AvgIpc) is 3.42. The minimum atomic E-state index is 0.221. The lowest BCUT2D eigenvalue weighted by molar-refractivity contribution is 0.0936. The Balaban J connectivity index is 1.31.